The van der Waals surface area contributed by atoms with Crippen molar-refractivity contribution >= 4 is 11.8 Å². The van der Waals surface area contributed by atoms with Crippen molar-refractivity contribution in [1.29, 1.82) is 0 Å². The van der Waals surface area contributed by atoms with E-state index in [1.807, 2.05) is 51.1 Å². The number of hydrogen-bond donors (Lipinski definition) is 2. The van der Waals surface area contributed by atoms with Gasteiger partial charge in [0.25, 0.3) is 0 Å². The Labute approximate surface area is 115 Å². The second kappa shape index (κ2) is 7.13. The van der Waals surface area contributed by atoms with E-state index < -0.39 is 17.5 Å². The first-order valence-electron chi connectivity index (χ1n) is 5.91. The van der Waals surface area contributed by atoms with Crippen LogP contribution in [0.1, 0.15) is 20.8 Å². The van der Waals surface area contributed by atoms with Crippen molar-refractivity contribution in [2.75, 3.05) is 5.32 Å². The number of nitrogens with zero attached hydrogens (tertiary/aromatic N) is 1. The highest BCUT2D eigenvalue weighted by molar-refractivity contribution is 5.84. The number of aromatic nitrogens is 2. The van der Waals surface area contributed by atoms with E-state index in [1.54, 1.807) is 0 Å². The zero-order valence-electron chi connectivity index (χ0n) is 11.5. The Hall–Kier alpha value is -2.57. The number of carbonyl (C=O) groups is 1. The Morgan fingerprint density at radius 2 is 1.95 bits per heavy atom. The molecule has 2 rings (SSSR count). The molecule has 1 aromatic carbocycles. The number of anilines is 1. The Kier molecular flexibility index (Phi) is 5.52. The molecule has 20 heavy (non-hydrogen) atoms. The van der Waals surface area contributed by atoms with Gasteiger partial charge in [-0.25, -0.2) is 14.7 Å². The molecule has 0 radical (unpaired) electrons. The van der Waals surface area contributed by atoms with E-state index >= 15 is 0 Å². The van der Waals surface area contributed by atoms with E-state index in [4.69, 9.17) is 4.74 Å². The van der Waals surface area contributed by atoms with Gasteiger partial charge in [-0.3, -0.25) is 5.32 Å². The molecular formula is C13H17N3O4. The summed E-state index contributed by atoms with van der Waals surface area (Å²) in [5.41, 5.74) is 0.278. The normalized spacial score (nSPS) is 10.2. The quantitative estimate of drug-likeness (QED) is 0.835. The van der Waals surface area contributed by atoms with Crippen molar-refractivity contribution in [1.82, 2.24) is 10.1 Å². The minimum Gasteiger partial charge on any atom is -0.444 e. The van der Waals surface area contributed by atoms with Gasteiger partial charge in [-0.1, -0.05) is 18.2 Å². The van der Waals surface area contributed by atoms with Crippen LogP contribution in [0.3, 0.4) is 0 Å². The molecule has 0 aliphatic rings. The zero-order chi connectivity index (χ0) is 15.0. The van der Waals surface area contributed by atoms with Gasteiger partial charge in [-0.05, 0) is 32.9 Å². The smallest absolute Gasteiger partial charge is 0.444 e. The van der Waals surface area contributed by atoms with Gasteiger partial charge in [-0.15, -0.1) is 0 Å². The van der Waals surface area contributed by atoms with Crippen LogP contribution in [-0.2, 0) is 4.74 Å². The lowest BCUT2D eigenvalue weighted by molar-refractivity contribution is 0.0636. The van der Waals surface area contributed by atoms with Crippen LogP contribution >= 0.6 is 0 Å². The van der Waals surface area contributed by atoms with Crippen LogP contribution in [0.25, 0.3) is 0 Å². The fourth-order valence-electron chi connectivity index (χ4n) is 1.13. The number of nitrogens with one attached hydrogen (secondary N) is 2. The summed E-state index contributed by atoms with van der Waals surface area (Å²) in [6.07, 6.45) is 0.756. The van der Waals surface area contributed by atoms with Crippen LogP contribution in [0.15, 0.2) is 46.0 Å². The molecule has 7 nitrogen and oxygen atoms in total. The first-order chi connectivity index (χ1) is 9.37. The van der Waals surface area contributed by atoms with Crippen LogP contribution < -0.4 is 11.1 Å². The monoisotopic (exact) mass is 279 g/mol. The zero-order valence-corrected chi connectivity index (χ0v) is 11.5. The summed E-state index contributed by atoms with van der Waals surface area (Å²) >= 11 is 0. The maximum atomic E-state index is 11.3. The average Bonchev–Trinajstić information content (AvgIpc) is 2.80. The van der Waals surface area contributed by atoms with Crippen molar-refractivity contribution < 1.29 is 14.1 Å². The largest absolute Gasteiger partial charge is 0.459 e. The number of rotatable bonds is 1. The lowest BCUT2D eigenvalue weighted by Crippen LogP contribution is -2.27. The molecule has 0 fully saturated rings. The van der Waals surface area contributed by atoms with E-state index in [9.17, 15) is 9.59 Å². The topological polar surface area (TPSA) is 97.2 Å². The van der Waals surface area contributed by atoms with Crippen molar-refractivity contribution in [2.45, 2.75) is 26.4 Å². The molecule has 0 bridgehead atoms. The third-order valence-electron chi connectivity index (χ3n) is 1.79. The van der Waals surface area contributed by atoms with Gasteiger partial charge >= 0.3 is 11.8 Å². The SMILES string of the molecule is CC(C)(C)OC(=O)Nc1ccccc1.O=c1nc[nH]o1. The van der Waals surface area contributed by atoms with E-state index in [2.05, 4.69) is 20.0 Å². The molecule has 0 saturated carbocycles. The number of H-pyrrole nitrogens is 1. The van der Waals surface area contributed by atoms with Crippen LogP contribution in [0.2, 0.25) is 0 Å². The van der Waals surface area contributed by atoms with Crippen LogP contribution in [0, 0.1) is 0 Å². The second-order valence-corrected chi connectivity index (χ2v) is 4.74. The number of aromatic amines is 1. The van der Waals surface area contributed by atoms with Gasteiger partial charge in [0, 0.05) is 5.69 Å². The summed E-state index contributed by atoms with van der Waals surface area (Å²) in [5.74, 6) is -0.588. The predicted octanol–water partition coefficient (Wildman–Crippen LogP) is 2.40. The first-order valence-corrected chi connectivity index (χ1v) is 5.91. The maximum absolute atomic E-state index is 11.3. The van der Waals surface area contributed by atoms with Gasteiger partial charge in [0.2, 0.25) is 0 Å². The molecule has 7 heteroatoms. The molecular weight excluding hydrogens is 262 g/mol. The van der Waals surface area contributed by atoms with Gasteiger partial charge in [-0.2, -0.15) is 4.98 Å². The Bertz CT molecular complexity index is 552. The average molecular weight is 279 g/mol. The number of ether oxygens (including phenoxy) is 1. The van der Waals surface area contributed by atoms with Crippen molar-refractivity contribution in [3.63, 3.8) is 0 Å². The van der Waals surface area contributed by atoms with Crippen LogP contribution in [-0.4, -0.2) is 21.8 Å². The van der Waals surface area contributed by atoms with Gasteiger partial charge in [0.1, 0.15) is 11.9 Å². The third-order valence-corrected chi connectivity index (χ3v) is 1.79. The molecule has 1 amide bonds. The summed E-state index contributed by atoms with van der Waals surface area (Å²) < 4.78 is 9.13. The summed E-state index contributed by atoms with van der Waals surface area (Å²) in [4.78, 5) is 24.2. The number of para-hydroxylation sites is 1. The van der Waals surface area contributed by atoms with Crippen LogP contribution in [0.5, 0.6) is 0 Å². The number of hydrogen-bond acceptors (Lipinski definition) is 5. The molecule has 2 N–H and O–H groups in total. The molecule has 0 aliphatic carbocycles. The highest BCUT2D eigenvalue weighted by Gasteiger charge is 2.15. The Morgan fingerprint density at radius 1 is 1.30 bits per heavy atom. The first kappa shape index (κ1) is 15.5. The molecule has 2 aromatic rings. The summed E-state index contributed by atoms with van der Waals surface area (Å²) in [6.45, 7) is 5.49. The summed E-state index contributed by atoms with van der Waals surface area (Å²) in [6, 6.07) is 9.22. The molecule has 0 unspecified atom stereocenters. The molecule has 0 spiro atoms. The Morgan fingerprint density at radius 3 is 2.35 bits per heavy atom. The summed E-state index contributed by atoms with van der Waals surface area (Å²) in [7, 11) is 0. The minimum absolute atomic E-state index is 0.427. The summed E-state index contributed by atoms with van der Waals surface area (Å²) in [5, 5.41) is 4.77. The van der Waals surface area contributed by atoms with Gasteiger partial charge in [0.15, 0.2) is 0 Å². The minimum atomic E-state index is -0.588. The second-order valence-electron chi connectivity index (χ2n) is 4.74. The predicted molar refractivity (Wildman–Crippen MR) is 73.4 cm³/mol. The van der Waals surface area contributed by atoms with Crippen LogP contribution in [0.4, 0.5) is 10.5 Å². The lowest BCUT2D eigenvalue weighted by Gasteiger charge is -2.19. The molecule has 108 valence electrons. The van der Waals surface area contributed by atoms with Crippen molar-refractivity contribution in [3.05, 3.63) is 47.2 Å². The molecule has 0 aliphatic heterocycles. The van der Waals surface area contributed by atoms with Gasteiger partial charge < -0.3 is 9.26 Å². The highest BCUT2D eigenvalue weighted by atomic mass is 16.6. The molecule has 1 heterocycles. The number of amides is 1. The molecule has 1 aromatic heterocycles. The van der Waals surface area contributed by atoms with Crippen molar-refractivity contribution in [3.8, 4) is 0 Å². The maximum Gasteiger partial charge on any atom is 0.459 e. The fourth-order valence-corrected chi connectivity index (χ4v) is 1.13. The number of benzene rings is 1. The molecule has 0 atom stereocenters. The highest BCUT2D eigenvalue weighted by Crippen LogP contribution is 2.10. The third kappa shape index (κ3) is 7.00. The molecule has 0 saturated heterocycles. The Balaban J connectivity index is 0.000000276. The van der Waals surface area contributed by atoms with E-state index in [0.29, 0.717) is 0 Å². The standard InChI is InChI=1S/C11H15NO2.C2H2N2O2/c1-11(2,3)14-10(13)12-9-7-5-4-6-8-9;5-2-3-1-4-6-2/h4-8H,1-3H3,(H,12,13);1H,(H,3,4,5). The van der Waals surface area contributed by atoms with Gasteiger partial charge in [0.05, 0.1) is 0 Å². The number of carbonyl (C=O) groups excluding carboxylic acids is 1. The van der Waals surface area contributed by atoms with E-state index in [1.165, 1.54) is 6.33 Å². The van der Waals surface area contributed by atoms with E-state index in [0.717, 1.165) is 5.69 Å². The lowest BCUT2D eigenvalue weighted by atomic mass is 10.2. The van der Waals surface area contributed by atoms with Crippen molar-refractivity contribution in [2.24, 2.45) is 0 Å². The fraction of sp³-hybridized carbons (Fsp3) is 0.308. The van der Waals surface area contributed by atoms with E-state index in [-0.39, 0.29) is 0 Å².